The van der Waals surface area contributed by atoms with Gasteiger partial charge in [0.2, 0.25) is 0 Å². The Balaban J connectivity index is 1.82. The molecule has 0 heterocycles. The fourth-order valence-corrected chi connectivity index (χ4v) is 4.10. The highest BCUT2D eigenvalue weighted by Crippen LogP contribution is 2.35. The lowest BCUT2D eigenvalue weighted by atomic mass is 9.75. The first-order valence-corrected chi connectivity index (χ1v) is 10.8. The topological polar surface area (TPSA) is 55.4 Å². The highest BCUT2D eigenvalue weighted by atomic mass is 16.5. The molecule has 4 nitrogen and oxygen atoms in total. The van der Waals surface area contributed by atoms with Crippen LogP contribution in [0.3, 0.4) is 0 Å². The van der Waals surface area contributed by atoms with Crippen LogP contribution >= 0.6 is 0 Å². The Hall–Kier alpha value is -2.88. The first kappa shape index (κ1) is 21.8. The van der Waals surface area contributed by atoms with Crippen LogP contribution in [0.2, 0.25) is 0 Å². The van der Waals surface area contributed by atoms with Crippen molar-refractivity contribution in [3.05, 3.63) is 77.5 Å². The lowest BCUT2D eigenvalue weighted by molar-refractivity contribution is -0.151. The van der Waals surface area contributed by atoms with E-state index in [9.17, 15) is 9.59 Å². The number of benzene rings is 2. The van der Waals surface area contributed by atoms with E-state index in [1.807, 2.05) is 36.4 Å². The summed E-state index contributed by atoms with van der Waals surface area (Å²) < 4.78 is 5.98. The van der Waals surface area contributed by atoms with Gasteiger partial charge in [-0.15, -0.1) is 0 Å². The predicted molar refractivity (Wildman–Crippen MR) is 120 cm³/mol. The Bertz CT molecular complexity index is 874. The zero-order valence-corrected chi connectivity index (χ0v) is 18.0. The van der Waals surface area contributed by atoms with Gasteiger partial charge >= 0.3 is 5.97 Å². The van der Waals surface area contributed by atoms with Crippen molar-refractivity contribution in [3.8, 4) is 0 Å². The summed E-state index contributed by atoms with van der Waals surface area (Å²) in [5.74, 6) is 0.502. The summed E-state index contributed by atoms with van der Waals surface area (Å²) in [6.45, 7) is 6.56. The molecule has 3 rings (SSSR count). The molecular formula is C26H31NO3. The minimum atomic E-state index is -0.479. The maximum absolute atomic E-state index is 13.2. The molecule has 2 aromatic rings. The van der Waals surface area contributed by atoms with Crippen molar-refractivity contribution < 1.29 is 14.3 Å². The fraction of sp³-hybridized carbons (Fsp3) is 0.385. The van der Waals surface area contributed by atoms with Gasteiger partial charge in [0, 0.05) is 5.56 Å². The van der Waals surface area contributed by atoms with E-state index in [1.165, 1.54) is 0 Å². The van der Waals surface area contributed by atoms with Crippen LogP contribution in [0, 0.1) is 17.8 Å². The average Bonchev–Trinajstić information content (AvgIpc) is 2.74. The van der Waals surface area contributed by atoms with E-state index >= 15 is 0 Å². The summed E-state index contributed by atoms with van der Waals surface area (Å²) in [6, 6.07) is 18.4. The zero-order chi connectivity index (χ0) is 21.5. The lowest BCUT2D eigenvalue weighted by Gasteiger charge is -2.36. The summed E-state index contributed by atoms with van der Waals surface area (Å²) in [5, 5.41) is 2.77. The Morgan fingerprint density at radius 2 is 1.63 bits per heavy atom. The van der Waals surface area contributed by atoms with E-state index in [0.717, 1.165) is 24.8 Å². The molecule has 0 bridgehead atoms. The Morgan fingerprint density at radius 3 is 2.27 bits per heavy atom. The molecule has 30 heavy (non-hydrogen) atoms. The van der Waals surface area contributed by atoms with Gasteiger partial charge in [-0.3, -0.25) is 4.79 Å². The van der Waals surface area contributed by atoms with Crippen LogP contribution in [-0.2, 0) is 9.53 Å². The zero-order valence-electron chi connectivity index (χ0n) is 18.0. The first-order valence-electron chi connectivity index (χ1n) is 10.8. The molecule has 158 valence electrons. The van der Waals surface area contributed by atoms with E-state index in [1.54, 1.807) is 30.3 Å². The van der Waals surface area contributed by atoms with Crippen LogP contribution in [0.4, 0.5) is 0 Å². The van der Waals surface area contributed by atoms with E-state index in [-0.39, 0.29) is 17.7 Å². The Morgan fingerprint density at radius 1 is 1.00 bits per heavy atom. The number of carbonyl (C=O) groups excluding carboxylic acids is 2. The summed E-state index contributed by atoms with van der Waals surface area (Å²) in [6.07, 6.45) is 4.63. The third kappa shape index (κ3) is 5.82. The van der Waals surface area contributed by atoms with E-state index in [4.69, 9.17) is 4.74 Å². The van der Waals surface area contributed by atoms with Crippen LogP contribution < -0.4 is 5.32 Å². The average molecular weight is 406 g/mol. The smallest absolute Gasteiger partial charge is 0.355 e. The summed E-state index contributed by atoms with van der Waals surface area (Å²) in [5.41, 5.74) is 1.49. The molecule has 0 saturated heterocycles. The first-order chi connectivity index (χ1) is 14.4. The molecule has 0 aromatic heterocycles. The third-order valence-corrected chi connectivity index (χ3v) is 5.83. The van der Waals surface area contributed by atoms with E-state index in [0.29, 0.717) is 23.3 Å². The number of rotatable bonds is 6. The van der Waals surface area contributed by atoms with Gasteiger partial charge in [0.05, 0.1) is 0 Å². The third-order valence-electron chi connectivity index (χ3n) is 5.83. The van der Waals surface area contributed by atoms with Crippen LogP contribution in [0.25, 0.3) is 6.08 Å². The molecule has 3 atom stereocenters. The molecule has 1 saturated carbocycles. The largest absolute Gasteiger partial charge is 0.457 e. The van der Waals surface area contributed by atoms with Crippen molar-refractivity contribution in [1.29, 1.82) is 0 Å². The molecule has 1 aliphatic rings. The molecule has 4 heteroatoms. The summed E-state index contributed by atoms with van der Waals surface area (Å²) >= 11 is 0. The van der Waals surface area contributed by atoms with Gasteiger partial charge in [-0.2, -0.15) is 0 Å². The molecule has 0 radical (unpaired) electrons. The quantitative estimate of drug-likeness (QED) is 0.513. The van der Waals surface area contributed by atoms with Crippen molar-refractivity contribution in [2.24, 2.45) is 17.8 Å². The number of nitrogens with one attached hydrogen (secondary N) is 1. The number of esters is 1. The molecule has 0 unspecified atom stereocenters. The van der Waals surface area contributed by atoms with Crippen LogP contribution in [0.15, 0.2) is 66.4 Å². The molecule has 0 spiro atoms. The molecule has 2 aromatic carbocycles. The minimum Gasteiger partial charge on any atom is -0.457 e. The number of amides is 1. The number of ether oxygens (including phenoxy) is 1. The molecule has 1 fully saturated rings. The number of hydrogen-bond acceptors (Lipinski definition) is 3. The molecule has 0 aliphatic heterocycles. The Labute approximate surface area is 179 Å². The SMILES string of the molecule is CC(C)[C@H]1CC[C@H](C)C[C@@H]1OC(=O)/C(=C/c1ccccc1)NC(=O)c1ccccc1. The maximum atomic E-state index is 13.2. The predicted octanol–water partition coefficient (Wildman–Crippen LogP) is 5.46. The van der Waals surface area contributed by atoms with Gasteiger partial charge in [0.25, 0.3) is 5.91 Å². The van der Waals surface area contributed by atoms with Crippen molar-refractivity contribution >= 4 is 18.0 Å². The molecule has 1 N–H and O–H groups in total. The molecular weight excluding hydrogens is 374 g/mol. The standard InChI is InChI=1S/C26H31NO3/c1-18(2)22-15-14-19(3)16-24(22)30-26(29)23(17-20-10-6-4-7-11-20)27-25(28)21-12-8-5-9-13-21/h4-13,17-19,22,24H,14-16H2,1-3H3,(H,27,28)/b23-17-/t19-,22+,24-/m0/s1. The number of hydrogen-bond donors (Lipinski definition) is 1. The van der Waals surface area contributed by atoms with Crippen LogP contribution in [0.5, 0.6) is 0 Å². The van der Waals surface area contributed by atoms with Crippen molar-refractivity contribution in [2.45, 2.75) is 46.1 Å². The monoisotopic (exact) mass is 405 g/mol. The molecule has 1 aliphatic carbocycles. The molecule has 1 amide bonds. The van der Waals surface area contributed by atoms with Crippen LogP contribution in [0.1, 0.15) is 56.0 Å². The normalized spacial score (nSPS) is 21.9. The second-order valence-electron chi connectivity index (χ2n) is 8.56. The highest BCUT2D eigenvalue weighted by Gasteiger charge is 2.34. The minimum absolute atomic E-state index is 0.131. The van der Waals surface area contributed by atoms with Gasteiger partial charge in [-0.05, 0) is 54.4 Å². The van der Waals surface area contributed by atoms with Crippen molar-refractivity contribution in [1.82, 2.24) is 5.32 Å². The lowest BCUT2D eigenvalue weighted by Crippen LogP contribution is -2.38. The fourth-order valence-electron chi connectivity index (χ4n) is 4.10. The second-order valence-corrected chi connectivity index (χ2v) is 8.56. The van der Waals surface area contributed by atoms with Crippen molar-refractivity contribution in [3.63, 3.8) is 0 Å². The Kier molecular flexibility index (Phi) is 7.45. The van der Waals surface area contributed by atoms with Crippen molar-refractivity contribution in [2.75, 3.05) is 0 Å². The van der Waals surface area contributed by atoms with E-state index in [2.05, 4.69) is 26.1 Å². The maximum Gasteiger partial charge on any atom is 0.355 e. The summed E-state index contributed by atoms with van der Waals surface area (Å²) in [4.78, 5) is 25.9. The number of carbonyl (C=O) groups is 2. The van der Waals surface area contributed by atoms with Gasteiger partial charge < -0.3 is 10.1 Å². The van der Waals surface area contributed by atoms with Gasteiger partial charge in [0.15, 0.2) is 0 Å². The second kappa shape index (κ2) is 10.2. The van der Waals surface area contributed by atoms with E-state index < -0.39 is 5.97 Å². The van der Waals surface area contributed by atoms with Gasteiger partial charge in [-0.25, -0.2) is 4.79 Å². The van der Waals surface area contributed by atoms with Crippen LogP contribution in [-0.4, -0.2) is 18.0 Å². The summed E-state index contributed by atoms with van der Waals surface area (Å²) in [7, 11) is 0. The van der Waals surface area contributed by atoms with Gasteiger partial charge in [-0.1, -0.05) is 75.7 Å². The van der Waals surface area contributed by atoms with Gasteiger partial charge in [0.1, 0.15) is 11.8 Å². The highest BCUT2D eigenvalue weighted by molar-refractivity contribution is 6.03.